The van der Waals surface area contributed by atoms with Gasteiger partial charge in [0.2, 0.25) is 0 Å². The van der Waals surface area contributed by atoms with Crippen molar-refractivity contribution in [1.29, 1.82) is 0 Å². The lowest BCUT2D eigenvalue weighted by Gasteiger charge is -2.56. The van der Waals surface area contributed by atoms with Gasteiger partial charge in [0, 0.05) is 35.2 Å². The van der Waals surface area contributed by atoms with Crippen molar-refractivity contribution in [2.75, 3.05) is 46.8 Å². The van der Waals surface area contributed by atoms with Crippen LogP contribution < -0.4 is 10.6 Å². The van der Waals surface area contributed by atoms with E-state index >= 15 is 0 Å². The molecule has 6 amide bonds. The highest BCUT2D eigenvalue weighted by Crippen LogP contribution is 2.46. The van der Waals surface area contributed by atoms with Crippen molar-refractivity contribution in [3.05, 3.63) is 0 Å². The van der Waals surface area contributed by atoms with Crippen LogP contribution in [0, 0.1) is 0 Å². The molecule has 0 aromatic rings. The number of aliphatic hydroxyl groups is 2. The molecule has 4 rings (SSSR count). The number of imide groups is 2. The van der Waals surface area contributed by atoms with Crippen LogP contribution in [0.4, 0.5) is 9.59 Å². The first-order chi connectivity index (χ1) is 28.4. The van der Waals surface area contributed by atoms with E-state index in [2.05, 4.69) is 96.8 Å². The molecule has 0 aromatic heterocycles. The van der Waals surface area contributed by atoms with Gasteiger partial charge in [-0.1, -0.05) is 103 Å². The van der Waals surface area contributed by atoms with Crippen LogP contribution in [0.2, 0.25) is 0 Å². The lowest BCUT2D eigenvalue weighted by molar-refractivity contribution is -0.140. The van der Waals surface area contributed by atoms with Gasteiger partial charge in [-0.2, -0.15) is 0 Å². The van der Waals surface area contributed by atoms with Gasteiger partial charge >= 0.3 is 12.1 Å². The smallest absolute Gasteiger partial charge is 0.325 e. The zero-order chi connectivity index (χ0) is 45.4. The monoisotopic (exact) mass is 860 g/mol. The second-order valence-electron chi connectivity index (χ2n) is 22.3. The molecule has 4 heterocycles. The molecule has 4 fully saturated rings. The maximum Gasteiger partial charge on any atom is 0.325 e. The standard InChI is InChI=1S/C48H89N7O6/c1-12-13-14-15-16-17-18-19-20-21-22-23-24-25-26-27-28-53(29-37(56)31-54-39(58)47(49-41(54)60)33-43(2,3)51(10)44(4,5)34-47)30-38(57)32-55-40(59)48(50-42(55)61)35-45(6,7)52(11)46(8,9)36-48/h37-38,56-57H,12-36H2,1-11H3,(H,49,60)(H,50,61). The highest BCUT2D eigenvalue weighted by molar-refractivity contribution is 6.08. The van der Waals surface area contributed by atoms with Crippen LogP contribution >= 0.6 is 0 Å². The fourth-order valence-electron chi connectivity index (χ4n) is 11.6. The first kappa shape index (κ1) is 51.3. The number of carbonyl (C=O) groups is 4. The molecular formula is C48H89N7O6. The van der Waals surface area contributed by atoms with Crippen LogP contribution in [0.15, 0.2) is 0 Å². The fourth-order valence-corrected chi connectivity index (χ4v) is 11.6. The van der Waals surface area contributed by atoms with Gasteiger partial charge < -0.3 is 20.8 Å². The Morgan fingerprint density at radius 2 is 0.787 bits per heavy atom. The third-order valence-corrected chi connectivity index (χ3v) is 15.1. The number of rotatable bonds is 25. The lowest BCUT2D eigenvalue weighted by Crippen LogP contribution is -2.68. The van der Waals surface area contributed by atoms with Crippen molar-refractivity contribution in [3.63, 3.8) is 0 Å². The van der Waals surface area contributed by atoms with E-state index in [9.17, 15) is 29.4 Å². The lowest BCUT2D eigenvalue weighted by atomic mass is 9.69. The molecule has 13 heteroatoms. The Kier molecular flexibility index (Phi) is 17.8. The van der Waals surface area contributed by atoms with E-state index < -0.39 is 35.3 Å². The largest absolute Gasteiger partial charge is 0.390 e. The van der Waals surface area contributed by atoms with Crippen molar-refractivity contribution < 1.29 is 29.4 Å². The number of urea groups is 2. The third-order valence-electron chi connectivity index (χ3n) is 15.1. The number of β-amino-alcohol motifs (C(OH)–C–C–N with tert-alkyl or cyclic N) is 2. The number of amides is 6. The minimum Gasteiger partial charge on any atom is -0.390 e. The summed E-state index contributed by atoms with van der Waals surface area (Å²) in [6, 6.07) is -0.977. The van der Waals surface area contributed by atoms with Crippen LogP contribution in [0.3, 0.4) is 0 Å². The molecule has 2 atom stereocenters. The number of aliphatic hydroxyl groups excluding tert-OH is 2. The second-order valence-corrected chi connectivity index (χ2v) is 22.3. The number of piperidine rings is 2. The summed E-state index contributed by atoms with van der Waals surface area (Å²) in [5.41, 5.74) is -3.45. The number of hydrogen-bond donors (Lipinski definition) is 4. The molecule has 0 aromatic carbocycles. The summed E-state index contributed by atoms with van der Waals surface area (Å²) in [4.78, 5) is 63.8. The highest BCUT2D eigenvalue weighted by Gasteiger charge is 2.62. The summed E-state index contributed by atoms with van der Waals surface area (Å²) in [6.45, 7) is 19.5. The van der Waals surface area contributed by atoms with Crippen LogP contribution in [-0.4, -0.2) is 151 Å². The van der Waals surface area contributed by atoms with Crippen LogP contribution in [0.25, 0.3) is 0 Å². The molecular weight excluding hydrogens is 771 g/mol. The quantitative estimate of drug-likeness (QED) is 0.0544. The zero-order valence-corrected chi connectivity index (χ0v) is 40.6. The summed E-state index contributed by atoms with van der Waals surface area (Å²) >= 11 is 0. The van der Waals surface area contributed by atoms with Gasteiger partial charge in [0.15, 0.2) is 0 Å². The van der Waals surface area contributed by atoms with Crippen molar-refractivity contribution in [3.8, 4) is 0 Å². The number of nitrogens with zero attached hydrogens (tertiary/aromatic N) is 5. The third kappa shape index (κ3) is 12.9. The molecule has 13 nitrogen and oxygen atoms in total. The van der Waals surface area contributed by atoms with E-state index in [1.54, 1.807) is 0 Å². The summed E-state index contributed by atoms with van der Waals surface area (Å²) < 4.78 is 0. The Bertz CT molecular complexity index is 1360. The molecule has 4 N–H and O–H groups in total. The molecule has 2 spiro atoms. The molecule has 4 saturated heterocycles. The number of nitrogens with one attached hydrogen (secondary N) is 2. The number of unbranched alkanes of at least 4 members (excludes halogenated alkanes) is 15. The average molecular weight is 860 g/mol. The number of carbonyl (C=O) groups excluding carboxylic acids is 4. The average Bonchev–Trinajstić information content (AvgIpc) is 3.49. The second kappa shape index (κ2) is 21.1. The zero-order valence-electron chi connectivity index (χ0n) is 40.6. The van der Waals surface area contributed by atoms with E-state index in [-0.39, 0.29) is 60.1 Å². The SMILES string of the molecule is CCCCCCCCCCCCCCCCCCN(CC(O)CN1C(=O)NC2(CC(C)(C)N(C)C(C)(C)C2)C1=O)CC(O)CN1C(=O)NC2(CC(C)(C)N(C)C(C)(C)C2)C1=O. The molecule has 0 radical (unpaired) electrons. The van der Waals surface area contributed by atoms with E-state index in [1.807, 2.05) is 4.90 Å². The Labute approximate surface area is 370 Å². The predicted molar refractivity (Wildman–Crippen MR) is 244 cm³/mol. The molecule has 61 heavy (non-hydrogen) atoms. The summed E-state index contributed by atoms with van der Waals surface area (Å²) in [6.07, 6.45) is 19.9. The van der Waals surface area contributed by atoms with Crippen molar-refractivity contribution in [2.24, 2.45) is 0 Å². The molecule has 2 unspecified atom stereocenters. The molecule has 4 aliphatic rings. The number of likely N-dealkylation sites (tertiary alicyclic amines) is 2. The Morgan fingerprint density at radius 3 is 1.08 bits per heavy atom. The maximum atomic E-state index is 14.1. The molecule has 352 valence electrons. The topological polar surface area (TPSA) is 149 Å². The van der Waals surface area contributed by atoms with Gasteiger partial charge in [-0.15, -0.1) is 0 Å². The van der Waals surface area contributed by atoms with Gasteiger partial charge in [-0.05, 0) is 108 Å². The van der Waals surface area contributed by atoms with Gasteiger partial charge in [-0.25, -0.2) is 9.59 Å². The van der Waals surface area contributed by atoms with Gasteiger partial charge in [-0.3, -0.25) is 34.1 Å². The highest BCUT2D eigenvalue weighted by atomic mass is 16.3. The molecule has 0 saturated carbocycles. The van der Waals surface area contributed by atoms with Crippen molar-refractivity contribution in [2.45, 2.75) is 236 Å². The normalized spacial score (nSPS) is 24.0. The fraction of sp³-hybridized carbons (Fsp3) is 0.917. The predicted octanol–water partition coefficient (Wildman–Crippen LogP) is 7.42. The van der Waals surface area contributed by atoms with Crippen LogP contribution in [0.5, 0.6) is 0 Å². The summed E-state index contributed by atoms with van der Waals surface area (Å²) in [7, 11) is 4.11. The van der Waals surface area contributed by atoms with Gasteiger partial charge in [0.1, 0.15) is 11.1 Å². The van der Waals surface area contributed by atoms with Crippen molar-refractivity contribution in [1.82, 2.24) is 35.1 Å². The maximum absolute atomic E-state index is 14.1. The Morgan fingerprint density at radius 1 is 0.508 bits per heavy atom. The number of hydrogen-bond acceptors (Lipinski definition) is 9. The molecule has 4 aliphatic heterocycles. The first-order valence-corrected chi connectivity index (χ1v) is 24.3. The minimum atomic E-state index is -1.06. The summed E-state index contributed by atoms with van der Waals surface area (Å²) in [5.74, 6) is -0.606. The van der Waals surface area contributed by atoms with Crippen LogP contribution in [0.1, 0.15) is 191 Å². The molecule has 0 bridgehead atoms. The van der Waals surface area contributed by atoms with Gasteiger partial charge in [0.25, 0.3) is 11.8 Å². The Balaban J connectivity index is 1.32. The van der Waals surface area contributed by atoms with E-state index in [0.717, 1.165) is 19.3 Å². The van der Waals surface area contributed by atoms with Gasteiger partial charge in [0.05, 0.1) is 25.3 Å². The molecule has 0 aliphatic carbocycles. The minimum absolute atomic E-state index is 0.123. The van der Waals surface area contributed by atoms with E-state index in [0.29, 0.717) is 32.2 Å². The van der Waals surface area contributed by atoms with Crippen LogP contribution in [-0.2, 0) is 9.59 Å². The van der Waals surface area contributed by atoms with E-state index in [1.165, 1.54) is 93.3 Å². The van der Waals surface area contributed by atoms with Crippen molar-refractivity contribution >= 4 is 23.9 Å². The summed E-state index contributed by atoms with van der Waals surface area (Å²) in [5, 5.41) is 29.1. The van der Waals surface area contributed by atoms with E-state index in [4.69, 9.17) is 0 Å². The first-order valence-electron chi connectivity index (χ1n) is 24.3. The Hall–Kier alpha value is -2.32.